The van der Waals surface area contributed by atoms with Gasteiger partial charge < -0.3 is 21.1 Å². The molecule has 0 unspecified atom stereocenters. The Morgan fingerprint density at radius 1 is 1.18 bits per heavy atom. The third-order valence-electron chi connectivity index (χ3n) is 4.81. The lowest BCUT2D eigenvalue weighted by atomic mass is 10.1. The van der Waals surface area contributed by atoms with Crippen LogP contribution in [-0.4, -0.2) is 37.4 Å². The van der Waals surface area contributed by atoms with E-state index in [0.717, 1.165) is 30.8 Å². The van der Waals surface area contributed by atoms with E-state index in [1.165, 1.54) is 6.20 Å². The number of hydrogen-bond acceptors (Lipinski definition) is 5. The molecule has 0 bridgehead atoms. The smallest absolute Gasteiger partial charge is 0.416 e. The van der Waals surface area contributed by atoms with Crippen molar-refractivity contribution < 1.29 is 22.7 Å². The van der Waals surface area contributed by atoms with Gasteiger partial charge in [0, 0.05) is 35.6 Å². The summed E-state index contributed by atoms with van der Waals surface area (Å²) in [7, 11) is 1.60. The van der Waals surface area contributed by atoms with Crippen LogP contribution in [0.2, 0.25) is 0 Å². The highest BCUT2D eigenvalue weighted by Crippen LogP contribution is 2.30. The first-order valence-corrected chi connectivity index (χ1v) is 11.3. The van der Waals surface area contributed by atoms with Crippen molar-refractivity contribution >= 4 is 33.2 Å². The molecule has 6 nitrogen and oxygen atoms in total. The first-order valence-electron chi connectivity index (χ1n) is 10.5. The maximum atomic E-state index is 12.8. The van der Waals surface area contributed by atoms with Crippen molar-refractivity contribution in [1.82, 2.24) is 5.32 Å². The Labute approximate surface area is 205 Å². The van der Waals surface area contributed by atoms with Crippen molar-refractivity contribution in [3.63, 3.8) is 0 Å². The second kappa shape index (κ2) is 11.5. The number of alkyl halides is 3. The predicted molar refractivity (Wildman–Crippen MR) is 133 cm³/mol. The standard InChI is InChI=1S/C24H28BrF3N4O2/c1-5-31-23(2,3)14-34-20-11-10-17(12-18(20)21(30-4)19(25)13-29)32-22(33)15-6-8-16(9-7-15)24(26,27)28/h6-13,31H,5,14,29H2,1-4H3,(H,32,33). The molecule has 0 saturated carbocycles. The number of rotatable bonds is 9. The zero-order valence-electron chi connectivity index (χ0n) is 19.4. The minimum absolute atomic E-state index is 0.0923. The van der Waals surface area contributed by atoms with Gasteiger partial charge in [-0.1, -0.05) is 6.92 Å². The van der Waals surface area contributed by atoms with Crippen LogP contribution < -0.4 is 21.1 Å². The van der Waals surface area contributed by atoms with E-state index < -0.39 is 17.6 Å². The zero-order chi connectivity index (χ0) is 25.5. The Morgan fingerprint density at radius 2 is 1.82 bits per heavy atom. The van der Waals surface area contributed by atoms with Crippen LogP contribution in [0.1, 0.15) is 42.3 Å². The Balaban J connectivity index is 2.35. The van der Waals surface area contributed by atoms with Crippen LogP contribution in [-0.2, 0) is 6.18 Å². The number of benzene rings is 2. The molecule has 184 valence electrons. The number of allylic oxidation sites excluding steroid dienone is 1. The number of hydrogen-bond donors (Lipinski definition) is 3. The van der Waals surface area contributed by atoms with E-state index in [1.54, 1.807) is 25.2 Å². The predicted octanol–water partition coefficient (Wildman–Crippen LogP) is 5.34. The van der Waals surface area contributed by atoms with Crippen molar-refractivity contribution in [2.24, 2.45) is 10.7 Å². The third kappa shape index (κ3) is 7.33. The summed E-state index contributed by atoms with van der Waals surface area (Å²) in [5.41, 5.74) is 6.14. The topological polar surface area (TPSA) is 88.7 Å². The van der Waals surface area contributed by atoms with Gasteiger partial charge in [-0.25, -0.2) is 0 Å². The number of aliphatic imine (C=N–C) groups is 1. The van der Waals surface area contributed by atoms with Gasteiger partial charge in [0.15, 0.2) is 0 Å². The fraction of sp³-hybridized carbons (Fsp3) is 0.333. The molecule has 0 aromatic heterocycles. The van der Waals surface area contributed by atoms with Crippen molar-refractivity contribution in [2.45, 2.75) is 32.5 Å². The minimum Gasteiger partial charge on any atom is -0.491 e. The quantitative estimate of drug-likeness (QED) is 0.374. The summed E-state index contributed by atoms with van der Waals surface area (Å²) in [6, 6.07) is 9.02. The largest absolute Gasteiger partial charge is 0.491 e. The van der Waals surface area contributed by atoms with Gasteiger partial charge in [-0.15, -0.1) is 0 Å². The lowest BCUT2D eigenvalue weighted by Gasteiger charge is -2.26. The van der Waals surface area contributed by atoms with Crippen molar-refractivity contribution in [1.29, 1.82) is 0 Å². The molecule has 2 aromatic rings. The van der Waals surface area contributed by atoms with E-state index in [-0.39, 0.29) is 11.1 Å². The summed E-state index contributed by atoms with van der Waals surface area (Å²) in [4.78, 5) is 16.9. The van der Waals surface area contributed by atoms with Crippen LogP contribution in [0.5, 0.6) is 5.75 Å². The average molecular weight is 541 g/mol. The summed E-state index contributed by atoms with van der Waals surface area (Å²) in [6.45, 7) is 7.18. The number of anilines is 1. The zero-order valence-corrected chi connectivity index (χ0v) is 21.0. The average Bonchev–Trinajstić information content (AvgIpc) is 2.78. The fourth-order valence-corrected chi connectivity index (χ4v) is 3.55. The lowest BCUT2D eigenvalue weighted by molar-refractivity contribution is -0.137. The van der Waals surface area contributed by atoms with E-state index in [2.05, 4.69) is 31.6 Å². The summed E-state index contributed by atoms with van der Waals surface area (Å²) in [6.07, 6.45) is -3.12. The van der Waals surface area contributed by atoms with E-state index in [9.17, 15) is 18.0 Å². The monoisotopic (exact) mass is 540 g/mol. The molecule has 1 amide bonds. The van der Waals surface area contributed by atoms with Crippen molar-refractivity contribution in [3.05, 3.63) is 69.8 Å². The third-order valence-corrected chi connectivity index (χ3v) is 5.45. The normalized spacial score (nSPS) is 13.1. The molecular weight excluding hydrogens is 513 g/mol. The second-order valence-electron chi connectivity index (χ2n) is 8.03. The number of carbonyl (C=O) groups is 1. The maximum Gasteiger partial charge on any atom is 0.416 e. The van der Waals surface area contributed by atoms with Gasteiger partial charge in [-0.2, -0.15) is 13.2 Å². The fourth-order valence-electron chi connectivity index (χ4n) is 3.16. The first-order chi connectivity index (χ1) is 15.9. The van der Waals surface area contributed by atoms with Crippen LogP contribution in [0, 0.1) is 0 Å². The van der Waals surface area contributed by atoms with Crippen molar-refractivity contribution in [3.8, 4) is 5.75 Å². The Bertz CT molecular complexity index is 1060. The molecule has 0 spiro atoms. The Kier molecular flexibility index (Phi) is 9.29. The van der Waals surface area contributed by atoms with E-state index >= 15 is 0 Å². The second-order valence-corrected chi connectivity index (χ2v) is 8.88. The molecule has 34 heavy (non-hydrogen) atoms. The molecule has 0 atom stereocenters. The molecular formula is C24H28BrF3N4O2. The minimum atomic E-state index is -4.47. The highest BCUT2D eigenvalue weighted by molar-refractivity contribution is 9.12. The van der Waals surface area contributed by atoms with Crippen LogP contribution in [0.4, 0.5) is 18.9 Å². The maximum absolute atomic E-state index is 12.8. The summed E-state index contributed by atoms with van der Waals surface area (Å²) < 4.78 is 45.0. The highest BCUT2D eigenvalue weighted by Gasteiger charge is 2.30. The molecule has 4 N–H and O–H groups in total. The number of nitrogens with zero attached hydrogens (tertiary/aromatic N) is 1. The summed E-state index contributed by atoms with van der Waals surface area (Å²) in [5, 5.41) is 6.04. The Morgan fingerprint density at radius 3 is 2.35 bits per heavy atom. The van der Waals surface area contributed by atoms with Crippen molar-refractivity contribution in [2.75, 3.05) is 25.5 Å². The molecule has 0 heterocycles. The number of nitrogens with two attached hydrogens (primary N) is 1. The van der Waals surface area contributed by atoms with Crippen LogP contribution >= 0.6 is 15.9 Å². The molecule has 0 aliphatic rings. The number of nitrogens with one attached hydrogen (secondary N) is 2. The SMILES string of the molecule is CCNC(C)(C)COc1ccc(NC(=O)c2ccc(C(F)(F)F)cc2)cc1C(=NC)C(Br)=CN. The lowest BCUT2D eigenvalue weighted by Crippen LogP contribution is -2.44. The molecule has 2 aromatic carbocycles. The van der Waals surface area contributed by atoms with Gasteiger partial charge in [0.25, 0.3) is 5.91 Å². The number of halogens is 4. The van der Waals surface area contributed by atoms with Gasteiger partial charge in [0.05, 0.1) is 15.8 Å². The number of ether oxygens (including phenoxy) is 1. The molecule has 2 rings (SSSR count). The molecule has 0 aliphatic heterocycles. The van der Waals surface area contributed by atoms with E-state index in [4.69, 9.17) is 10.5 Å². The van der Waals surface area contributed by atoms with Gasteiger partial charge in [-0.3, -0.25) is 9.79 Å². The van der Waals surface area contributed by atoms with Crippen LogP contribution in [0.15, 0.2) is 58.1 Å². The molecule has 0 fully saturated rings. The van der Waals surface area contributed by atoms with Gasteiger partial charge in [0.2, 0.25) is 0 Å². The van der Waals surface area contributed by atoms with E-state index in [0.29, 0.717) is 33.8 Å². The molecule has 0 aliphatic carbocycles. The van der Waals surface area contributed by atoms with Gasteiger partial charge in [0.1, 0.15) is 12.4 Å². The van der Waals surface area contributed by atoms with Crippen LogP contribution in [0.3, 0.4) is 0 Å². The molecule has 0 saturated heterocycles. The summed E-state index contributed by atoms with van der Waals surface area (Å²) in [5.74, 6) is -0.0250. The molecule has 0 radical (unpaired) electrons. The summed E-state index contributed by atoms with van der Waals surface area (Å²) >= 11 is 3.38. The Hall–Kier alpha value is -2.85. The highest BCUT2D eigenvalue weighted by atomic mass is 79.9. The first kappa shape index (κ1) is 27.4. The number of carbonyl (C=O) groups excluding carboxylic acids is 1. The van der Waals surface area contributed by atoms with Crippen LogP contribution in [0.25, 0.3) is 0 Å². The van der Waals surface area contributed by atoms with Gasteiger partial charge >= 0.3 is 6.18 Å². The van der Waals surface area contributed by atoms with E-state index in [1.807, 2.05) is 20.8 Å². The number of amides is 1. The van der Waals surface area contributed by atoms with Gasteiger partial charge in [-0.05, 0) is 78.8 Å². The number of likely N-dealkylation sites (N-methyl/N-ethyl adjacent to an activating group) is 1. The molecule has 10 heteroatoms.